The molecule has 0 bridgehead atoms. The van der Waals surface area contributed by atoms with Gasteiger partial charge in [0.25, 0.3) is 0 Å². The number of anilines is 1. The van der Waals surface area contributed by atoms with Gasteiger partial charge < -0.3 is 20.5 Å². The number of nitrogens with zero attached hydrogens (tertiary/aromatic N) is 4. The summed E-state index contributed by atoms with van der Waals surface area (Å²) in [5, 5.41) is 9.24. The Hall–Kier alpha value is -1.87. The molecule has 2 aromatic rings. The number of carboxylic acid groups (broad SMARTS) is 1. The topological polar surface area (TPSA) is 106 Å². The highest BCUT2D eigenvalue weighted by molar-refractivity contribution is 9.10. The Balaban J connectivity index is 2.10. The van der Waals surface area contributed by atoms with Crippen molar-refractivity contribution in [3.63, 3.8) is 0 Å². The van der Waals surface area contributed by atoms with Crippen molar-refractivity contribution in [3.05, 3.63) is 22.3 Å². The van der Waals surface area contributed by atoms with Crippen LogP contribution < -0.4 is 5.73 Å². The molecule has 1 atom stereocenters. The fourth-order valence-corrected chi connectivity index (χ4v) is 3.63. The van der Waals surface area contributed by atoms with Crippen LogP contribution in [-0.4, -0.2) is 50.7 Å². The van der Waals surface area contributed by atoms with Crippen molar-refractivity contribution >= 4 is 33.4 Å². The molecule has 23 heavy (non-hydrogen) atoms. The van der Waals surface area contributed by atoms with Gasteiger partial charge in [-0.25, -0.2) is 14.8 Å². The van der Waals surface area contributed by atoms with Gasteiger partial charge in [0.2, 0.25) is 0 Å². The number of carbonyl (C=O) groups is 1. The lowest BCUT2D eigenvalue weighted by Gasteiger charge is -2.30. The second-order valence-corrected chi connectivity index (χ2v) is 6.33. The van der Waals surface area contributed by atoms with Gasteiger partial charge in [-0.05, 0) is 28.8 Å². The van der Waals surface area contributed by atoms with E-state index < -0.39 is 6.09 Å². The molecule has 0 saturated carbocycles. The largest absolute Gasteiger partial charge is 0.465 e. The highest BCUT2D eigenvalue weighted by Crippen LogP contribution is 2.32. The quantitative estimate of drug-likeness (QED) is 0.839. The van der Waals surface area contributed by atoms with Crippen LogP contribution in [0.4, 0.5) is 10.6 Å². The molecular weight excluding hydrogens is 366 g/mol. The summed E-state index contributed by atoms with van der Waals surface area (Å²) < 4.78 is 7.79. The number of nitrogens with two attached hydrogens (primary N) is 1. The SMILES string of the molecule is COCc1cnc(N)c2c(Br)nc(C3CCCN(C(=O)O)C3)n12. The number of nitrogen functional groups attached to an aromatic ring is 1. The maximum atomic E-state index is 11.3. The molecule has 9 heteroatoms. The smallest absolute Gasteiger partial charge is 0.407 e. The Labute approximate surface area is 141 Å². The maximum absolute atomic E-state index is 11.3. The highest BCUT2D eigenvalue weighted by atomic mass is 79.9. The van der Waals surface area contributed by atoms with Gasteiger partial charge in [-0.15, -0.1) is 0 Å². The molecule has 0 aromatic carbocycles. The summed E-state index contributed by atoms with van der Waals surface area (Å²) in [5.41, 5.74) is 7.52. The van der Waals surface area contributed by atoms with Crippen LogP contribution in [0.1, 0.15) is 30.3 Å². The molecule has 8 nitrogen and oxygen atoms in total. The number of aromatic nitrogens is 3. The van der Waals surface area contributed by atoms with Gasteiger partial charge in [-0.3, -0.25) is 4.40 Å². The molecule has 0 radical (unpaired) electrons. The number of piperidine rings is 1. The summed E-state index contributed by atoms with van der Waals surface area (Å²) >= 11 is 3.44. The minimum Gasteiger partial charge on any atom is -0.465 e. The summed E-state index contributed by atoms with van der Waals surface area (Å²) in [6.07, 6.45) is 2.46. The summed E-state index contributed by atoms with van der Waals surface area (Å²) in [7, 11) is 1.61. The van der Waals surface area contributed by atoms with Crippen LogP contribution in [0.15, 0.2) is 10.8 Å². The molecule has 124 valence electrons. The van der Waals surface area contributed by atoms with E-state index in [1.54, 1.807) is 13.3 Å². The van der Waals surface area contributed by atoms with Crippen LogP contribution in [0.25, 0.3) is 5.52 Å². The first-order chi connectivity index (χ1) is 11.0. The van der Waals surface area contributed by atoms with Crippen molar-refractivity contribution in [2.75, 3.05) is 25.9 Å². The number of rotatable bonds is 3. The molecule has 1 unspecified atom stereocenters. The summed E-state index contributed by atoms with van der Waals surface area (Å²) in [4.78, 5) is 21.5. The molecule has 0 spiro atoms. The van der Waals surface area contributed by atoms with Crippen molar-refractivity contribution in [1.29, 1.82) is 0 Å². The molecule has 2 aromatic heterocycles. The number of likely N-dealkylation sites (tertiary alicyclic amines) is 1. The van der Waals surface area contributed by atoms with E-state index in [0.717, 1.165) is 24.4 Å². The van der Waals surface area contributed by atoms with Crippen LogP contribution in [0.3, 0.4) is 0 Å². The summed E-state index contributed by atoms with van der Waals surface area (Å²) in [6, 6.07) is 0. The number of fused-ring (bicyclic) bond motifs is 1. The Morgan fingerprint density at radius 3 is 3.09 bits per heavy atom. The zero-order valence-electron chi connectivity index (χ0n) is 12.7. The Kier molecular flexibility index (Phi) is 4.40. The molecule has 1 aliphatic rings. The van der Waals surface area contributed by atoms with Crippen LogP contribution in [-0.2, 0) is 11.3 Å². The maximum Gasteiger partial charge on any atom is 0.407 e. The average Bonchev–Trinajstić information content (AvgIpc) is 2.89. The van der Waals surface area contributed by atoms with Crippen LogP contribution in [0.5, 0.6) is 0 Å². The van der Waals surface area contributed by atoms with Gasteiger partial charge >= 0.3 is 6.09 Å². The van der Waals surface area contributed by atoms with E-state index in [9.17, 15) is 9.90 Å². The fraction of sp³-hybridized carbons (Fsp3) is 0.500. The lowest BCUT2D eigenvalue weighted by atomic mass is 9.97. The van der Waals surface area contributed by atoms with Crippen LogP contribution in [0.2, 0.25) is 0 Å². The number of imidazole rings is 1. The number of hydrogen-bond donors (Lipinski definition) is 2. The van der Waals surface area contributed by atoms with E-state index in [1.165, 1.54) is 4.90 Å². The molecule has 0 aliphatic carbocycles. The van der Waals surface area contributed by atoms with Gasteiger partial charge in [-0.2, -0.15) is 0 Å². The second kappa shape index (κ2) is 6.32. The van der Waals surface area contributed by atoms with E-state index in [0.29, 0.717) is 35.6 Å². The van der Waals surface area contributed by atoms with Crippen LogP contribution in [0, 0.1) is 0 Å². The third-order valence-corrected chi connectivity index (χ3v) is 4.65. The molecular formula is C14H18BrN5O3. The van der Waals surface area contributed by atoms with Crippen molar-refractivity contribution in [2.45, 2.75) is 25.4 Å². The molecule has 1 saturated heterocycles. The third-order valence-electron chi connectivity index (χ3n) is 4.09. The summed E-state index contributed by atoms with van der Waals surface area (Å²) in [6.45, 7) is 1.36. The fourth-order valence-electron chi connectivity index (χ4n) is 3.07. The van der Waals surface area contributed by atoms with E-state index in [2.05, 4.69) is 25.9 Å². The predicted octanol–water partition coefficient (Wildman–Crippen LogP) is 2.08. The van der Waals surface area contributed by atoms with Crippen molar-refractivity contribution in [2.24, 2.45) is 0 Å². The average molecular weight is 384 g/mol. The lowest BCUT2D eigenvalue weighted by molar-refractivity contribution is 0.129. The minimum atomic E-state index is -0.895. The number of hydrogen-bond acceptors (Lipinski definition) is 5. The molecule has 1 amide bonds. The summed E-state index contributed by atoms with van der Waals surface area (Å²) in [5.74, 6) is 1.18. The van der Waals surface area contributed by atoms with Crippen LogP contribution >= 0.6 is 15.9 Å². The number of amides is 1. The van der Waals surface area contributed by atoms with Crippen molar-refractivity contribution < 1.29 is 14.6 Å². The van der Waals surface area contributed by atoms with Crippen molar-refractivity contribution in [3.8, 4) is 0 Å². The Bertz CT molecular complexity index is 748. The van der Waals surface area contributed by atoms with Crippen molar-refractivity contribution in [1.82, 2.24) is 19.3 Å². The van der Waals surface area contributed by atoms with Gasteiger partial charge in [-0.1, -0.05) is 0 Å². The first kappa shape index (κ1) is 16.0. The third kappa shape index (κ3) is 2.86. The first-order valence-corrected chi connectivity index (χ1v) is 8.10. The minimum absolute atomic E-state index is 0.0102. The van der Waals surface area contributed by atoms with E-state index in [-0.39, 0.29) is 5.92 Å². The lowest BCUT2D eigenvalue weighted by Crippen LogP contribution is -2.38. The molecule has 3 heterocycles. The normalized spacial score (nSPS) is 18.5. The van der Waals surface area contributed by atoms with E-state index in [1.807, 2.05) is 4.40 Å². The number of methoxy groups -OCH3 is 1. The van der Waals surface area contributed by atoms with E-state index in [4.69, 9.17) is 10.5 Å². The first-order valence-electron chi connectivity index (χ1n) is 7.31. The standard InChI is InChI=1S/C14H18BrN5O3/c1-23-7-9-5-17-12(16)10-11(15)18-13(20(9)10)8-3-2-4-19(6-8)14(21)22/h5,8H,2-4,6-7H2,1H3,(H2,16,17)(H,21,22). The van der Waals surface area contributed by atoms with Gasteiger partial charge in [0, 0.05) is 26.1 Å². The number of ether oxygens (including phenoxy) is 1. The Morgan fingerprint density at radius 1 is 1.61 bits per heavy atom. The predicted molar refractivity (Wildman–Crippen MR) is 87.4 cm³/mol. The highest BCUT2D eigenvalue weighted by Gasteiger charge is 2.29. The van der Waals surface area contributed by atoms with Gasteiger partial charge in [0.15, 0.2) is 5.82 Å². The van der Waals surface area contributed by atoms with Gasteiger partial charge in [0.1, 0.15) is 15.9 Å². The van der Waals surface area contributed by atoms with Gasteiger partial charge in [0.05, 0.1) is 18.5 Å². The molecule has 3 rings (SSSR count). The molecule has 3 N–H and O–H groups in total. The zero-order valence-corrected chi connectivity index (χ0v) is 14.3. The molecule has 1 fully saturated rings. The number of halogens is 1. The Morgan fingerprint density at radius 2 is 2.39 bits per heavy atom. The molecule has 1 aliphatic heterocycles. The second-order valence-electron chi connectivity index (χ2n) is 5.58. The monoisotopic (exact) mass is 383 g/mol. The van der Waals surface area contributed by atoms with E-state index >= 15 is 0 Å². The zero-order chi connectivity index (χ0) is 16.6.